The van der Waals surface area contributed by atoms with Crippen molar-refractivity contribution >= 4 is 39.0 Å². The van der Waals surface area contributed by atoms with Gasteiger partial charge in [-0.15, -0.1) is 11.3 Å². The number of hydrogen-bond acceptors (Lipinski definition) is 8. The average molecular weight is 468 g/mol. The van der Waals surface area contributed by atoms with Gasteiger partial charge >= 0.3 is 0 Å². The summed E-state index contributed by atoms with van der Waals surface area (Å²) < 4.78 is 11.2. The molecule has 33 heavy (non-hydrogen) atoms. The molecule has 0 radical (unpaired) electrons. The van der Waals surface area contributed by atoms with Gasteiger partial charge in [-0.2, -0.15) is 4.98 Å². The van der Waals surface area contributed by atoms with Crippen molar-refractivity contribution in [2.24, 2.45) is 5.92 Å². The van der Waals surface area contributed by atoms with E-state index in [1.165, 1.54) is 11.3 Å². The Bertz CT molecular complexity index is 1210. The number of amides is 1. The van der Waals surface area contributed by atoms with Crippen LogP contribution in [0.1, 0.15) is 32.9 Å². The van der Waals surface area contributed by atoms with E-state index in [1.54, 1.807) is 7.11 Å². The zero-order chi connectivity index (χ0) is 23.1. The molecule has 0 saturated carbocycles. The van der Waals surface area contributed by atoms with Crippen molar-refractivity contribution in [3.63, 3.8) is 0 Å². The van der Waals surface area contributed by atoms with Crippen LogP contribution in [0.2, 0.25) is 0 Å². The van der Waals surface area contributed by atoms with Crippen molar-refractivity contribution in [2.75, 3.05) is 44.0 Å². The molecular formula is C24H29N5O3S. The molecule has 0 unspecified atom stereocenters. The number of carbonyl (C=O) groups excluding carboxylic acids is 1. The van der Waals surface area contributed by atoms with Gasteiger partial charge in [0, 0.05) is 49.2 Å². The summed E-state index contributed by atoms with van der Waals surface area (Å²) in [6.45, 7) is 7.02. The standard InChI is InChI=1S/C24H29N5O3S/c1-13-8-14(2)26-24-19(13)20(25)21(33-24)22(30)27-17-9-16-4-5-18(28-23(16)32-12-17)29-7-6-15(10-29)11-31-3/h4-5,8,15,17H,6-7,9-12,25H2,1-3H3,(H,27,30)/t15-,17-/m1/s1. The molecule has 1 amide bonds. The zero-order valence-electron chi connectivity index (χ0n) is 19.2. The highest BCUT2D eigenvalue weighted by molar-refractivity contribution is 7.21. The van der Waals surface area contributed by atoms with E-state index in [4.69, 9.17) is 20.2 Å². The first-order valence-corrected chi connectivity index (χ1v) is 12.1. The van der Waals surface area contributed by atoms with Gasteiger partial charge in [0.1, 0.15) is 22.1 Å². The molecule has 1 fully saturated rings. The van der Waals surface area contributed by atoms with Gasteiger partial charge in [-0.05, 0) is 44.0 Å². The second-order valence-electron chi connectivity index (χ2n) is 8.98. The number of nitrogens with two attached hydrogens (primary N) is 1. The van der Waals surface area contributed by atoms with E-state index in [0.29, 0.717) is 35.4 Å². The van der Waals surface area contributed by atoms with Crippen LogP contribution in [0.4, 0.5) is 11.5 Å². The van der Waals surface area contributed by atoms with Gasteiger partial charge in [-0.25, -0.2) is 4.98 Å². The fraction of sp³-hybridized carbons (Fsp3) is 0.458. The van der Waals surface area contributed by atoms with Crippen molar-refractivity contribution in [3.05, 3.63) is 39.9 Å². The van der Waals surface area contributed by atoms with E-state index in [9.17, 15) is 4.79 Å². The third-order valence-corrected chi connectivity index (χ3v) is 7.49. The Kier molecular flexibility index (Phi) is 5.84. The molecule has 1 saturated heterocycles. The van der Waals surface area contributed by atoms with Crippen LogP contribution in [-0.2, 0) is 11.2 Å². The molecule has 3 aromatic heterocycles. The largest absolute Gasteiger partial charge is 0.475 e. The summed E-state index contributed by atoms with van der Waals surface area (Å²) in [6, 6.07) is 5.95. The van der Waals surface area contributed by atoms with Crippen molar-refractivity contribution < 1.29 is 14.3 Å². The summed E-state index contributed by atoms with van der Waals surface area (Å²) in [7, 11) is 1.75. The Morgan fingerprint density at radius 2 is 2.21 bits per heavy atom. The topological polar surface area (TPSA) is 103 Å². The van der Waals surface area contributed by atoms with Crippen LogP contribution in [0.5, 0.6) is 5.88 Å². The van der Waals surface area contributed by atoms with Crippen LogP contribution in [0, 0.1) is 19.8 Å². The van der Waals surface area contributed by atoms with Crippen LogP contribution in [-0.4, -0.2) is 55.3 Å². The number of ether oxygens (including phenoxy) is 2. The molecule has 0 spiro atoms. The smallest absolute Gasteiger partial charge is 0.263 e. The molecule has 8 nitrogen and oxygen atoms in total. The average Bonchev–Trinajstić information content (AvgIpc) is 3.38. The molecule has 2 aliphatic heterocycles. The molecule has 0 bridgehead atoms. The number of anilines is 2. The number of nitrogen functional groups attached to an aromatic ring is 1. The minimum Gasteiger partial charge on any atom is -0.475 e. The Balaban J connectivity index is 1.27. The molecule has 174 valence electrons. The van der Waals surface area contributed by atoms with Gasteiger partial charge in [0.25, 0.3) is 5.91 Å². The Labute approximate surface area is 197 Å². The molecule has 5 rings (SSSR count). The fourth-order valence-electron chi connectivity index (χ4n) is 4.81. The lowest BCUT2D eigenvalue weighted by molar-refractivity contribution is 0.0918. The Morgan fingerprint density at radius 3 is 3.03 bits per heavy atom. The van der Waals surface area contributed by atoms with Gasteiger partial charge in [0.2, 0.25) is 5.88 Å². The molecule has 0 aromatic carbocycles. The lowest BCUT2D eigenvalue weighted by Crippen LogP contribution is -2.43. The van der Waals surface area contributed by atoms with Crippen molar-refractivity contribution in [3.8, 4) is 5.88 Å². The maximum absolute atomic E-state index is 13.0. The number of nitrogens with one attached hydrogen (secondary N) is 1. The van der Waals surface area contributed by atoms with Crippen molar-refractivity contribution in [2.45, 2.75) is 32.7 Å². The van der Waals surface area contributed by atoms with Gasteiger partial charge < -0.3 is 25.4 Å². The van der Waals surface area contributed by atoms with Crippen LogP contribution < -0.4 is 20.7 Å². The maximum Gasteiger partial charge on any atom is 0.263 e. The summed E-state index contributed by atoms with van der Waals surface area (Å²) in [4.78, 5) is 25.9. The summed E-state index contributed by atoms with van der Waals surface area (Å²) in [5.41, 5.74) is 9.79. The number of carbonyl (C=O) groups is 1. The van der Waals surface area contributed by atoms with E-state index in [1.807, 2.05) is 26.0 Å². The first-order chi connectivity index (χ1) is 15.9. The predicted molar refractivity (Wildman–Crippen MR) is 130 cm³/mol. The van der Waals surface area contributed by atoms with Crippen LogP contribution in [0.25, 0.3) is 10.2 Å². The molecular weight excluding hydrogens is 438 g/mol. The van der Waals surface area contributed by atoms with E-state index >= 15 is 0 Å². The third kappa shape index (κ3) is 4.22. The number of fused-ring (bicyclic) bond motifs is 2. The van der Waals surface area contributed by atoms with E-state index in [-0.39, 0.29) is 11.9 Å². The SMILES string of the molecule is COC[C@@H]1CCN(c2ccc3c(n2)OC[C@H](NC(=O)c2sc4nc(C)cc(C)c4c2N)C3)C1. The molecule has 5 heterocycles. The number of pyridine rings is 2. The highest BCUT2D eigenvalue weighted by Gasteiger charge is 2.28. The lowest BCUT2D eigenvalue weighted by Gasteiger charge is -2.27. The number of rotatable bonds is 5. The number of methoxy groups -OCH3 is 1. The summed E-state index contributed by atoms with van der Waals surface area (Å²) in [6.07, 6.45) is 1.78. The van der Waals surface area contributed by atoms with Crippen LogP contribution in [0.15, 0.2) is 18.2 Å². The van der Waals surface area contributed by atoms with Crippen molar-refractivity contribution in [1.82, 2.24) is 15.3 Å². The molecule has 2 atom stereocenters. The van der Waals surface area contributed by atoms with Gasteiger partial charge in [0.05, 0.1) is 18.3 Å². The van der Waals surface area contributed by atoms with Gasteiger partial charge in [-0.1, -0.05) is 0 Å². The first-order valence-electron chi connectivity index (χ1n) is 11.3. The number of aryl methyl sites for hydroxylation is 2. The van der Waals surface area contributed by atoms with E-state index in [2.05, 4.69) is 21.3 Å². The Morgan fingerprint density at radius 1 is 1.36 bits per heavy atom. The second-order valence-corrected chi connectivity index (χ2v) is 9.98. The summed E-state index contributed by atoms with van der Waals surface area (Å²) >= 11 is 1.34. The van der Waals surface area contributed by atoms with E-state index in [0.717, 1.165) is 59.0 Å². The van der Waals surface area contributed by atoms with Gasteiger partial charge in [-0.3, -0.25) is 4.79 Å². The minimum absolute atomic E-state index is 0.143. The number of nitrogens with zero attached hydrogens (tertiary/aromatic N) is 3. The lowest BCUT2D eigenvalue weighted by atomic mass is 10.1. The molecule has 2 aliphatic rings. The van der Waals surface area contributed by atoms with Crippen LogP contribution in [0.3, 0.4) is 0 Å². The molecule has 9 heteroatoms. The maximum atomic E-state index is 13.0. The minimum atomic E-state index is -0.185. The predicted octanol–water partition coefficient (Wildman–Crippen LogP) is 3.10. The third-order valence-electron chi connectivity index (χ3n) is 6.39. The van der Waals surface area contributed by atoms with Crippen LogP contribution >= 0.6 is 11.3 Å². The molecule has 3 aromatic rings. The zero-order valence-corrected chi connectivity index (χ0v) is 20.0. The highest BCUT2D eigenvalue weighted by atomic mass is 32.1. The molecule has 0 aliphatic carbocycles. The number of thiophene rings is 1. The first kappa shape index (κ1) is 21.9. The summed E-state index contributed by atoms with van der Waals surface area (Å²) in [5.74, 6) is 1.95. The van der Waals surface area contributed by atoms with Gasteiger partial charge in [0.15, 0.2) is 0 Å². The summed E-state index contributed by atoms with van der Waals surface area (Å²) in [5, 5.41) is 3.96. The highest BCUT2D eigenvalue weighted by Crippen LogP contribution is 2.35. The quantitative estimate of drug-likeness (QED) is 0.594. The number of aromatic nitrogens is 2. The molecule has 3 N–H and O–H groups in total. The normalized spacial score (nSPS) is 20.0. The van der Waals surface area contributed by atoms with Crippen molar-refractivity contribution in [1.29, 1.82) is 0 Å². The number of hydrogen-bond donors (Lipinski definition) is 2. The fourth-order valence-corrected chi connectivity index (χ4v) is 5.93. The Hall–Kier alpha value is -2.91. The monoisotopic (exact) mass is 467 g/mol. The second kappa shape index (κ2) is 8.79. The van der Waals surface area contributed by atoms with E-state index < -0.39 is 0 Å².